The van der Waals surface area contributed by atoms with Crippen LogP contribution < -0.4 is 0 Å². The second kappa shape index (κ2) is 3.86. The van der Waals surface area contributed by atoms with E-state index in [-0.39, 0.29) is 18.5 Å². The fraction of sp³-hybridized carbons (Fsp3) is 0.875. The molecule has 6 heteroatoms. The summed E-state index contributed by atoms with van der Waals surface area (Å²) in [7, 11) is -3.28. The van der Waals surface area contributed by atoms with Gasteiger partial charge in [0.25, 0.3) is 0 Å². The van der Waals surface area contributed by atoms with Crippen LogP contribution in [-0.4, -0.2) is 42.1 Å². The van der Waals surface area contributed by atoms with Crippen LogP contribution in [-0.2, 0) is 14.8 Å². The standard InChI is InChI=1S/C8H15NO4S/c1-6-3-4-7(5-8(10)11)9(6)14(2,12)13/h6-7H,3-5H2,1-2H3,(H,10,11). The Balaban J connectivity index is 2.82. The zero-order valence-corrected chi connectivity index (χ0v) is 9.12. The van der Waals surface area contributed by atoms with Crippen molar-refractivity contribution in [3.63, 3.8) is 0 Å². The third-order valence-electron chi connectivity index (χ3n) is 2.51. The molecule has 1 rings (SSSR count). The summed E-state index contributed by atoms with van der Waals surface area (Å²) >= 11 is 0. The van der Waals surface area contributed by atoms with E-state index in [1.165, 1.54) is 4.31 Å². The van der Waals surface area contributed by atoms with Gasteiger partial charge >= 0.3 is 5.97 Å². The Hall–Kier alpha value is -0.620. The van der Waals surface area contributed by atoms with E-state index in [2.05, 4.69) is 0 Å². The number of aliphatic carboxylic acids is 1. The van der Waals surface area contributed by atoms with Crippen molar-refractivity contribution >= 4 is 16.0 Å². The minimum absolute atomic E-state index is 0.0747. The van der Waals surface area contributed by atoms with Crippen molar-refractivity contribution in [3.8, 4) is 0 Å². The molecule has 0 bridgehead atoms. The molecule has 1 N–H and O–H groups in total. The van der Waals surface area contributed by atoms with Crippen LogP contribution in [0.5, 0.6) is 0 Å². The summed E-state index contributed by atoms with van der Waals surface area (Å²) in [5, 5.41) is 8.62. The Labute approximate surface area is 83.8 Å². The molecule has 1 saturated heterocycles. The van der Waals surface area contributed by atoms with Crippen LogP contribution in [0, 0.1) is 0 Å². The Morgan fingerprint density at radius 1 is 1.50 bits per heavy atom. The predicted molar refractivity (Wildman–Crippen MR) is 51.4 cm³/mol. The molecule has 82 valence electrons. The van der Waals surface area contributed by atoms with Crippen LogP contribution in [0.1, 0.15) is 26.2 Å². The van der Waals surface area contributed by atoms with E-state index in [0.717, 1.165) is 12.7 Å². The summed E-state index contributed by atoms with van der Waals surface area (Å²) in [5.41, 5.74) is 0. The maximum absolute atomic E-state index is 11.4. The molecule has 0 saturated carbocycles. The number of carboxylic acids is 1. The topological polar surface area (TPSA) is 74.7 Å². The van der Waals surface area contributed by atoms with Gasteiger partial charge in [0, 0.05) is 12.1 Å². The molecule has 0 aliphatic carbocycles. The van der Waals surface area contributed by atoms with Crippen molar-refractivity contribution in [2.24, 2.45) is 0 Å². The van der Waals surface area contributed by atoms with Crippen LogP contribution >= 0.6 is 0 Å². The molecule has 0 aromatic heterocycles. The normalized spacial score (nSPS) is 29.3. The number of hydrogen-bond donors (Lipinski definition) is 1. The van der Waals surface area contributed by atoms with Gasteiger partial charge < -0.3 is 5.11 Å². The lowest BCUT2D eigenvalue weighted by Crippen LogP contribution is -2.40. The second-order valence-electron chi connectivity index (χ2n) is 3.77. The van der Waals surface area contributed by atoms with E-state index in [1.807, 2.05) is 6.92 Å². The summed E-state index contributed by atoms with van der Waals surface area (Å²) in [5.74, 6) is -0.947. The minimum atomic E-state index is -3.28. The Kier molecular flexibility index (Phi) is 3.16. The van der Waals surface area contributed by atoms with Crippen molar-refractivity contribution in [1.82, 2.24) is 4.31 Å². The Morgan fingerprint density at radius 3 is 2.50 bits per heavy atom. The average molecular weight is 221 g/mol. The zero-order chi connectivity index (χ0) is 10.9. The van der Waals surface area contributed by atoms with Gasteiger partial charge in [0.15, 0.2) is 0 Å². The molecule has 0 spiro atoms. The van der Waals surface area contributed by atoms with Crippen LogP contribution in [0.2, 0.25) is 0 Å². The molecule has 0 amide bonds. The van der Waals surface area contributed by atoms with E-state index in [1.54, 1.807) is 0 Å². The monoisotopic (exact) mass is 221 g/mol. The zero-order valence-electron chi connectivity index (χ0n) is 8.30. The maximum atomic E-state index is 11.4. The average Bonchev–Trinajstić information content (AvgIpc) is 2.28. The number of nitrogens with zero attached hydrogens (tertiary/aromatic N) is 1. The van der Waals surface area contributed by atoms with Gasteiger partial charge in [-0.1, -0.05) is 0 Å². The largest absolute Gasteiger partial charge is 0.481 e. The first kappa shape index (κ1) is 11.5. The molecule has 1 aliphatic rings. The summed E-state index contributed by atoms with van der Waals surface area (Å²) in [4.78, 5) is 10.5. The van der Waals surface area contributed by atoms with E-state index < -0.39 is 16.0 Å². The van der Waals surface area contributed by atoms with Gasteiger partial charge in [0.05, 0.1) is 12.7 Å². The van der Waals surface area contributed by atoms with Crippen molar-refractivity contribution in [1.29, 1.82) is 0 Å². The fourth-order valence-electron chi connectivity index (χ4n) is 2.04. The highest BCUT2D eigenvalue weighted by Crippen LogP contribution is 2.28. The van der Waals surface area contributed by atoms with Crippen LogP contribution in [0.4, 0.5) is 0 Å². The maximum Gasteiger partial charge on any atom is 0.304 e. The van der Waals surface area contributed by atoms with E-state index in [0.29, 0.717) is 6.42 Å². The first-order chi connectivity index (χ1) is 6.32. The smallest absolute Gasteiger partial charge is 0.304 e. The van der Waals surface area contributed by atoms with Gasteiger partial charge in [-0.2, -0.15) is 4.31 Å². The van der Waals surface area contributed by atoms with E-state index in [9.17, 15) is 13.2 Å². The van der Waals surface area contributed by atoms with Gasteiger partial charge in [0.2, 0.25) is 10.0 Å². The van der Waals surface area contributed by atoms with Gasteiger partial charge in [-0.3, -0.25) is 4.79 Å². The van der Waals surface area contributed by atoms with Crippen LogP contribution in [0.15, 0.2) is 0 Å². The molecular formula is C8H15NO4S. The first-order valence-corrected chi connectivity index (χ1v) is 6.37. The number of rotatable bonds is 3. The molecule has 0 aromatic carbocycles. The summed E-state index contributed by atoms with van der Waals surface area (Å²) in [6.07, 6.45) is 2.41. The quantitative estimate of drug-likeness (QED) is 0.742. The summed E-state index contributed by atoms with van der Waals surface area (Å²) < 4.78 is 24.1. The van der Waals surface area contributed by atoms with E-state index >= 15 is 0 Å². The molecule has 1 fully saturated rings. The molecule has 14 heavy (non-hydrogen) atoms. The lowest BCUT2D eigenvalue weighted by molar-refractivity contribution is -0.137. The number of hydrogen-bond acceptors (Lipinski definition) is 3. The second-order valence-corrected chi connectivity index (χ2v) is 5.66. The van der Waals surface area contributed by atoms with Gasteiger partial charge in [-0.05, 0) is 19.8 Å². The molecule has 2 atom stereocenters. The summed E-state index contributed by atoms with van der Waals surface area (Å²) in [6.45, 7) is 1.81. The van der Waals surface area contributed by atoms with Crippen molar-refractivity contribution < 1.29 is 18.3 Å². The molecule has 2 unspecified atom stereocenters. The molecule has 0 aromatic rings. The molecule has 1 aliphatic heterocycles. The number of carbonyl (C=O) groups is 1. The third kappa shape index (κ3) is 2.45. The number of sulfonamides is 1. The Bertz CT molecular complexity index is 324. The lowest BCUT2D eigenvalue weighted by atomic mass is 10.1. The van der Waals surface area contributed by atoms with Crippen molar-refractivity contribution in [3.05, 3.63) is 0 Å². The number of carboxylic acid groups (broad SMARTS) is 1. The molecule has 5 nitrogen and oxygen atoms in total. The third-order valence-corrected chi connectivity index (χ3v) is 3.93. The van der Waals surface area contributed by atoms with Gasteiger partial charge in [-0.25, -0.2) is 8.42 Å². The highest BCUT2D eigenvalue weighted by atomic mass is 32.2. The first-order valence-electron chi connectivity index (χ1n) is 4.52. The molecule has 0 radical (unpaired) electrons. The Morgan fingerprint density at radius 2 is 2.07 bits per heavy atom. The minimum Gasteiger partial charge on any atom is -0.481 e. The fourth-order valence-corrected chi connectivity index (χ4v) is 3.52. The van der Waals surface area contributed by atoms with Crippen LogP contribution in [0.25, 0.3) is 0 Å². The van der Waals surface area contributed by atoms with E-state index in [4.69, 9.17) is 5.11 Å². The summed E-state index contributed by atoms with van der Waals surface area (Å²) in [6, 6.07) is -0.438. The highest BCUT2D eigenvalue weighted by molar-refractivity contribution is 7.88. The van der Waals surface area contributed by atoms with Crippen molar-refractivity contribution in [2.45, 2.75) is 38.3 Å². The molecule has 1 heterocycles. The highest BCUT2D eigenvalue weighted by Gasteiger charge is 2.37. The SMILES string of the molecule is CC1CCC(CC(=O)O)N1S(C)(=O)=O. The van der Waals surface area contributed by atoms with Gasteiger partial charge in [0.1, 0.15) is 0 Å². The molecular weight excluding hydrogens is 206 g/mol. The van der Waals surface area contributed by atoms with Crippen LogP contribution in [0.3, 0.4) is 0 Å². The van der Waals surface area contributed by atoms with Crippen molar-refractivity contribution in [2.75, 3.05) is 6.26 Å². The lowest BCUT2D eigenvalue weighted by Gasteiger charge is -2.24. The van der Waals surface area contributed by atoms with Gasteiger partial charge in [-0.15, -0.1) is 0 Å². The predicted octanol–water partition coefficient (Wildman–Crippen LogP) is 0.274.